The fraction of sp³-hybridized carbons (Fsp3) is 0.583. The van der Waals surface area contributed by atoms with Crippen LogP contribution in [-0.4, -0.2) is 39.3 Å². The normalized spacial score (nSPS) is 11.1. The molecule has 0 aromatic heterocycles. The van der Waals surface area contributed by atoms with E-state index in [0.717, 1.165) is 12.8 Å². The molecule has 0 bridgehead atoms. The van der Waals surface area contributed by atoms with E-state index in [0.29, 0.717) is 0 Å². The van der Waals surface area contributed by atoms with Crippen LogP contribution in [-0.2, 0) is 0 Å². The predicted octanol–water partition coefficient (Wildman–Crippen LogP) is 3.92. The summed E-state index contributed by atoms with van der Waals surface area (Å²) >= 11 is -0.479. The Morgan fingerprint density at radius 3 is 1.93 bits per heavy atom. The Kier molecular flexibility index (Phi) is 23.7. The van der Waals surface area contributed by atoms with Gasteiger partial charge in [0, 0.05) is 0 Å². The minimum Gasteiger partial charge on any atom is 2.00 e. The van der Waals surface area contributed by atoms with Gasteiger partial charge in [0.2, 0.25) is 0 Å². The average Bonchev–Trinajstić information content (AvgIpc) is 2.58. The van der Waals surface area contributed by atoms with E-state index in [1.165, 1.54) is 5.57 Å². The summed E-state index contributed by atoms with van der Waals surface area (Å²) < 4.78 is 0. The second-order valence-electron chi connectivity index (χ2n) is 3.39. The Balaban J connectivity index is -0.000000152. The van der Waals surface area contributed by atoms with E-state index in [1.54, 1.807) is 6.92 Å². The molecule has 0 N–H and O–H groups in total. The number of rotatable bonds is 1. The molecule has 0 aromatic carbocycles. The standard InChI is InChI=1S/C7H9.C2H5.3CH3.Ga.Mg/c1-2-7-5-3-4-6-7;1-2;;;;;/h3,5H,2,4H2,1H3;1H2,2H3;3*1H3;;/q2*-1;;;;;+2. The molecule has 0 aliphatic heterocycles. The van der Waals surface area contributed by atoms with Crippen molar-refractivity contribution >= 4 is 39.3 Å². The van der Waals surface area contributed by atoms with Gasteiger partial charge in [0.15, 0.2) is 0 Å². The van der Waals surface area contributed by atoms with Crippen molar-refractivity contribution in [2.45, 2.75) is 43.1 Å². The average molecular weight is 261 g/mol. The van der Waals surface area contributed by atoms with Gasteiger partial charge in [-0.05, 0) is 0 Å². The predicted molar refractivity (Wildman–Crippen MR) is 70.9 cm³/mol. The molecule has 0 nitrogen and oxygen atoms in total. The Morgan fingerprint density at radius 2 is 1.79 bits per heavy atom. The molecular weight excluding hydrogens is 238 g/mol. The summed E-state index contributed by atoms with van der Waals surface area (Å²) in [7, 11) is 0. The molecule has 0 saturated heterocycles. The summed E-state index contributed by atoms with van der Waals surface area (Å²) in [5.74, 6) is 0. The van der Waals surface area contributed by atoms with E-state index < -0.39 is 16.2 Å². The van der Waals surface area contributed by atoms with Gasteiger partial charge < -0.3 is 6.92 Å². The molecule has 0 radical (unpaired) electrons. The first kappa shape index (κ1) is 20.3. The third-order valence-electron chi connectivity index (χ3n) is 1.15. The largest absolute Gasteiger partial charge is 2.00 e. The van der Waals surface area contributed by atoms with Crippen LogP contribution in [0, 0.1) is 13.0 Å². The zero-order chi connectivity index (χ0) is 10.7. The Labute approximate surface area is 112 Å². The van der Waals surface area contributed by atoms with Crippen LogP contribution in [0.4, 0.5) is 0 Å². The van der Waals surface area contributed by atoms with Crippen LogP contribution in [0.25, 0.3) is 0 Å². The molecule has 0 heterocycles. The topological polar surface area (TPSA) is 0 Å². The monoisotopic (exact) mass is 260 g/mol. The van der Waals surface area contributed by atoms with Crippen molar-refractivity contribution in [2.75, 3.05) is 0 Å². The van der Waals surface area contributed by atoms with Crippen molar-refractivity contribution < 1.29 is 0 Å². The summed E-state index contributed by atoms with van der Waals surface area (Å²) in [4.78, 5) is 0. The van der Waals surface area contributed by atoms with Gasteiger partial charge in [0.25, 0.3) is 0 Å². The van der Waals surface area contributed by atoms with Crippen LogP contribution in [0.1, 0.15) is 26.7 Å². The van der Waals surface area contributed by atoms with Crippen molar-refractivity contribution in [1.29, 1.82) is 0 Å². The van der Waals surface area contributed by atoms with Crippen LogP contribution in [0.2, 0.25) is 16.4 Å². The van der Waals surface area contributed by atoms with Crippen LogP contribution >= 0.6 is 0 Å². The molecule has 1 aliphatic carbocycles. The SMILES string of the molecule is CCC1=[C-]CC=C1.[CH2-]C.[CH3][Ga]([CH3])[CH3].[Mg+2]. The molecule has 0 atom stereocenters. The third kappa shape index (κ3) is 18.6. The number of allylic oxidation sites excluding steroid dienone is 4. The van der Waals surface area contributed by atoms with Crippen LogP contribution in [0.3, 0.4) is 0 Å². The van der Waals surface area contributed by atoms with E-state index in [4.69, 9.17) is 0 Å². The zero-order valence-electron chi connectivity index (χ0n) is 10.6. The molecule has 76 valence electrons. The van der Waals surface area contributed by atoms with Crippen molar-refractivity contribution in [3.05, 3.63) is 30.7 Å². The molecule has 0 spiro atoms. The first-order chi connectivity index (χ1) is 6.16. The Bertz CT molecular complexity index is 146. The van der Waals surface area contributed by atoms with E-state index in [9.17, 15) is 0 Å². The van der Waals surface area contributed by atoms with Gasteiger partial charge in [-0.1, -0.05) is 13.3 Å². The van der Waals surface area contributed by atoms with Crippen molar-refractivity contribution in [3.63, 3.8) is 0 Å². The van der Waals surface area contributed by atoms with Gasteiger partial charge in [-0.2, -0.15) is 13.0 Å². The second-order valence-corrected chi connectivity index (χ2v) is 10.7. The molecule has 1 rings (SSSR count). The maximum atomic E-state index is 3.25. The second kappa shape index (κ2) is 16.3. The molecule has 0 aromatic rings. The smallest absolute Gasteiger partial charge is 2.00 e. The fourth-order valence-corrected chi connectivity index (χ4v) is 0.693. The van der Waals surface area contributed by atoms with Crippen LogP contribution < -0.4 is 0 Å². The first-order valence-electron chi connectivity index (χ1n) is 5.13. The molecule has 1 aliphatic rings. The Morgan fingerprint density at radius 1 is 1.36 bits per heavy atom. The quantitative estimate of drug-likeness (QED) is 0.496. The van der Waals surface area contributed by atoms with E-state index in [2.05, 4.69) is 48.5 Å². The van der Waals surface area contributed by atoms with E-state index >= 15 is 0 Å². The van der Waals surface area contributed by atoms with E-state index in [-0.39, 0.29) is 23.1 Å². The van der Waals surface area contributed by atoms with Crippen molar-refractivity contribution in [1.82, 2.24) is 0 Å². The van der Waals surface area contributed by atoms with Crippen LogP contribution in [0.15, 0.2) is 17.7 Å². The van der Waals surface area contributed by atoms with Gasteiger partial charge in [0.05, 0.1) is 0 Å². The minimum atomic E-state index is -0.479. The van der Waals surface area contributed by atoms with Gasteiger partial charge in [-0.15, -0.1) is 6.42 Å². The number of hydrogen-bond acceptors (Lipinski definition) is 0. The summed E-state index contributed by atoms with van der Waals surface area (Å²) in [6, 6.07) is 0. The fourth-order valence-electron chi connectivity index (χ4n) is 0.693. The first-order valence-corrected chi connectivity index (χ1v) is 12.4. The molecule has 0 unspecified atom stereocenters. The minimum absolute atomic E-state index is 0. The van der Waals surface area contributed by atoms with Crippen molar-refractivity contribution in [2.24, 2.45) is 0 Å². The number of hydrogen-bond donors (Lipinski definition) is 0. The van der Waals surface area contributed by atoms with Crippen LogP contribution in [0.5, 0.6) is 0 Å². The zero-order valence-corrected chi connectivity index (χ0v) is 14.4. The van der Waals surface area contributed by atoms with Gasteiger partial charge in [-0.3, -0.25) is 6.08 Å². The summed E-state index contributed by atoms with van der Waals surface area (Å²) in [5, 5.41) is 0. The van der Waals surface area contributed by atoms with Gasteiger partial charge >= 0.3 is 55.7 Å². The molecule has 14 heavy (non-hydrogen) atoms. The summed E-state index contributed by atoms with van der Waals surface area (Å²) in [6.07, 6.45) is 9.65. The molecule has 0 amide bonds. The van der Waals surface area contributed by atoms with Crippen molar-refractivity contribution in [3.8, 4) is 0 Å². The molecular formula is C12H23GaMg. The van der Waals surface area contributed by atoms with Gasteiger partial charge in [0.1, 0.15) is 0 Å². The van der Waals surface area contributed by atoms with Gasteiger partial charge in [-0.25, -0.2) is 11.6 Å². The molecule has 0 saturated carbocycles. The maximum absolute atomic E-state index is 3.25. The third-order valence-corrected chi connectivity index (χ3v) is 1.15. The molecule has 2 heteroatoms. The maximum Gasteiger partial charge on any atom is 2.00 e. The summed E-state index contributed by atoms with van der Waals surface area (Å²) in [5.41, 5.74) is 8.42. The van der Waals surface area contributed by atoms with E-state index in [1.807, 2.05) is 0 Å². The summed E-state index contributed by atoms with van der Waals surface area (Å²) in [6.45, 7) is 7.15. The molecule has 0 fully saturated rings. The Hall–Kier alpha value is 0.883.